The van der Waals surface area contributed by atoms with Crippen LogP contribution in [0.5, 0.6) is 0 Å². The Morgan fingerprint density at radius 3 is 2.48 bits per heavy atom. The van der Waals surface area contributed by atoms with Gasteiger partial charge in [-0.1, -0.05) is 6.07 Å². The molecule has 6 heteroatoms. The van der Waals surface area contributed by atoms with Crippen molar-refractivity contribution in [1.82, 2.24) is 0 Å². The van der Waals surface area contributed by atoms with Crippen LogP contribution in [-0.2, 0) is 6.54 Å². The zero-order chi connectivity index (χ0) is 15.4. The third kappa shape index (κ3) is 3.47. The fraction of sp³-hybridized carbons (Fsp3) is 0.200. The first-order chi connectivity index (χ1) is 10.0. The lowest BCUT2D eigenvalue weighted by atomic mass is 10.1. The van der Waals surface area contributed by atoms with Crippen LogP contribution in [0.4, 0.5) is 21.5 Å². The molecule has 2 rings (SSSR count). The second kappa shape index (κ2) is 6.21. The molecule has 0 bridgehead atoms. The van der Waals surface area contributed by atoms with Gasteiger partial charge in [0.2, 0.25) is 0 Å². The minimum Gasteiger partial charge on any atom is -0.383 e. The summed E-state index contributed by atoms with van der Waals surface area (Å²) in [6, 6.07) is 11.2. The quantitative estimate of drug-likeness (QED) is 0.677. The van der Waals surface area contributed by atoms with E-state index in [1.165, 1.54) is 18.2 Å². The molecular weight excluding hydrogens is 273 g/mol. The highest BCUT2D eigenvalue weighted by Crippen LogP contribution is 2.26. The van der Waals surface area contributed by atoms with E-state index >= 15 is 0 Å². The predicted molar refractivity (Wildman–Crippen MR) is 81.2 cm³/mol. The van der Waals surface area contributed by atoms with E-state index in [4.69, 9.17) is 0 Å². The van der Waals surface area contributed by atoms with E-state index in [1.54, 1.807) is 31.3 Å². The van der Waals surface area contributed by atoms with E-state index in [0.717, 1.165) is 11.3 Å². The molecule has 21 heavy (non-hydrogen) atoms. The number of nitro benzene ring substituents is 1. The molecule has 0 fully saturated rings. The zero-order valence-corrected chi connectivity index (χ0v) is 11.8. The van der Waals surface area contributed by atoms with Gasteiger partial charge in [0.1, 0.15) is 11.5 Å². The molecule has 0 heterocycles. The molecule has 0 aromatic heterocycles. The monoisotopic (exact) mass is 289 g/mol. The second-order valence-corrected chi connectivity index (χ2v) is 4.69. The normalized spacial score (nSPS) is 10.2. The number of hydrogen-bond acceptors (Lipinski definition) is 4. The Bertz CT molecular complexity index is 644. The van der Waals surface area contributed by atoms with Gasteiger partial charge >= 0.3 is 0 Å². The molecule has 0 radical (unpaired) electrons. The van der Waals surface area contributed by atoms with Crippen molar-refractivity contribution in [3.8, 4) is 0 Å². The van der Waals surface area contributed by atoms with Gasteiger partial charge in [-0.15, -0.1) is 0 Å². The van der Waals surface area contributed by atoms with Crippen molar-refractivity contribution in [3.63, 3.8) is 0 Å². The van der Waals surface area contributed by atoms with E-state index in [0.29, 0.717) is 12.2 Å². The summed E-state index contributed by atoms with van der Waals surface area (Å²) in [4.78, 5) is 12.4. The van der Waals surface area contributed by atoms with Crippen LogP contribution in [-0.4, -0.2) is 19.0 Å². The summed E-state index contributed by atoms with van der Waals surface area (Å²) in [6.07, 6.45) is 0. The molecule has 0 aliphatic carbocycles. The largest absolute Gasteiger partial charge is 0.383 e. The molecule has 0 spiro atoms. The lowest BCUT2D eigenvalue weighted by molar-refractivity contribution is -0.383. The molecule has 2 aromatic rings. The van der Waals surface area contributed by atoms with Gasteiger partial charge < -0.3 is 10.2 Å². The fourth-order valence-corrected chi connectivity index (χ4v) is 2.10. The van der Waals surface area contributed by atoms with Gasteiger partial charge in [0, 0.05) is 32.4 Å². The molecule has 5 nitrogen and oxygen atoms in total. The molecule has 0 saturated heterocycles. The molecule has 0 saturated carbocycles. The van der Waals surface area contributed by atoms with Crippen LogP contribution in [0.2, 0.25) is 0 Å². The summed E-state index contributed by atoms with van der Waals surface area (Å²) in [5.74, 6) is -0.278. The molecule has 110 valence electrons. The van der Waals surface area contributed by atoms with Crippen molar-refractivity contribution in [2.45, 2.75) is 6.54 Å². The average molecular weight is 289 g/mol. The molecule has 0 unspecified atom stereocenters. The Kier molecular flexibility index (Phi) is 4.37. The Morgan fingerprint density at radius 1 is 1.24 bits per heavy atom. The predicted octanol–water partition coefficient (Wildman–Crippen LogP) is 3.41. The van der Waals surface area contributed by atoms with Crippen molar-refractivity contribution < 1.29 is 9.31 Å². The van der Waals surface area contributed by atoms with Crippen LogP contribution in [0.3, 0.4) is 0 Å². The number of nitrogens with one attached hydrogen (secondary N) is 1. The molecule has 0 atom stereocenters. The van der Waals surface area contributed by atoms with Gasteiger partial charge in [0.25, 0.3) is 5.69 Å². The lowest BCUT2D eigenvalue weighted by Crippen LogP contribution is -2.16. The van der Waals surface area contributed by atoms with Crippen molar-refractivity contribution in [2.75, 3.05) is 24.3 Å². The maximum Gasteiger partial charge on any atom is 0.292 e. The van der Waals surface area contributed by atoms with Crippen LogP contribution < -0.4 is 10.2 Å². The van der Waals surface area contributed by atoms with Crippen LogP contribution in [0.1, 0.15) is 5.56 Å². The summed E-state index contributed by atoms with van der Waals surface area (Å²) < 4.78 is 12.9. The van der Waals surface area contributed by atoms with Crippen LogP contribution in [0, 0.1) is 15.9 Å². The van der Waals surface area contributed by atoms with Gasteiger partial charge in [0.05, 0.1) is 4.92 Å². The summed E-state index contributed by atoms with van der Waals surface area (Å²) in [7, 11) is 3.53. The second-order valence-electron chi connectivity index (χ2n) is 4.69. The average Bonchev–Trinajstić information content (AvgIpc) is 2.47. The van der Waals surface area contributed by atoms with Crippen LogP contribution >= 0.6 is 0 Å². The van der Waals surface area contributed by atoms with Gasteiger partial charge in [0.15, 0.2) is 0 Å². The highest BCUT2D eigenvalue weighted by Gasteiger charge is 2.13. The summed E-state index contributed by atoms with van der Waals surface area (Å²) >= 11 is 0. The van der Waals surface area contributed by atoms with Crippen LogP contribution in [0.15, 0.2) is 42.5 Å². The Morgan fingerprint density at radius 2 is 1.90 bits per heavy atom. The first-order valence-electron chi connectivity index (χ1n) is 6.43. The third-order valence-corrected chi connectivity index (χ3v) is 3.21. The zero-order valence-electron chi connectivity index (χ0n) is 11.8. The Labute approximate surface area is 122 Å². The van der Waals surface area contributed by atoms with Gasteiger partial charge in [-0.2, -0.15) is 0 Å². The number of nitrogens with zero attached hydrogens (tertiary/aromatic N) is 2. The maximum atomic E-state index is 12.9. The van der Waals surface area contributed by atoms with Crippen molar-refractivity contribution in [1.29, 1.82) is 0 Å². The molecule has 0 aliphatic heterocycles. The van der Waals surface area contributed by atoms with E-state index in [9.17, 15) is 14.5 Å². The van der Waals surface area contributed by atoms with Crippen molar-refractivity contribution >= 4 is 17.1 Å². The van der Waals surface area contributed by atoms with E-state index < -0.39 is 4.92 Å². The Hall–Kier alpha value is -2.63. The highest BCUT2D eigenvalue weighted by atomic mass is 19.1. The van der Waals surface area contributed by atoms with Crippen LogP contribution in [0.25, 0.3) is 0 Å². The summed E-state index contributed by atoms with van der Waals surface area (Å²) in [6.45, 7) is 0.568. The topological polar surface area (TPSA) is 58.4 Å². The number of halogens is 1. The number of benzene rings is 2. The molecular formula is C15H16FN3O2. The number of rotatable bonds is 5. The minimum atomic E-state index is -0.417. The number of nitro groups is 1. The SMILES string of the molecule is CNc1cc(CN(C)c2ccc(F)cc2)ccc1[N+](=O)[O-]. The first-order valence-corrected chi connectivity index (χ1v) is 6.43. The lowest BCUT2D eigenvalue weighted by Gasteiger charge is -2.19. The van der Waals surface area contributed by atoms with E-state index in [1.807, 2.05) is 11.9 Å². The first kappa shape index (κ1) is 14.8. The number of hydrogen-bond donors (Lipinski definition) is 1. The van der Waals surface area contributed by atoms with Gasteiger partial charge in [-0.25, -0.2) is 4.39 Å². The molecule has 1 N–H and O–H groups in total. The fourth-order valence-electron chi connectivity index (χ4n) is 2.10. The summed E-state index contributed by atoms with van der Waals surface area (Å²) in [5, 5.41) is 13.7. The standard InChI is InChI=1S/C15H16FN3O2/c1-17-14-9-11(3-8-15(14)19(20)21)10-18(2)13-6-4-12(16)5-7-13/h3-9,17H,10H2,1-2H3. The van der Waals surface area contributed by atoms with Crippen molar-refractivity contribution in [2.24, 2.45) is 0 Å². The van der Waals surface area contributed by atoms with Gasteiger partial charge in [-0.3, -0.25) is 10.1 Å². The Balaban J connectivity index is 2.19. The third-order valence-electron chi connectivity index (χ3n) is 3.21. The number of anilines is 2. The van der Waals surface area contributed by atoms with Crippen molar-refractivity contribution in [3.05, 3.63) is 64.0 Å². The molecule has 0 amide bonds. The van der Waals surface area contributed by atoms with E-state index in [2.05, 4.69) is 5.32 Å². The molecule has 0 aliphatic rings. The van der Waals surface area contributed by atoms with E-state index in [-0.39, 0.29) is 11.5 Å². The van der Waals surface area contributed by atoms with Gasteiger partial charge in [-0.05, 0) is 35.9 Å². The maximum absolute atomic E-state index is 12.9. The smallest absolute Gasteiger partial charge is 0.292 e. The molecule has 2 aromatic carbocycles. The summed E-state index contributed by atoms with van der Waals surface area (Å²) in [5.41, 5.74) is 2.33. The highest BCUT2D eigenvalue weighted by molar-refractivity contribution is 5.62. The minimum absolute atomic E-state index is 0.0469.